The fourth-order valence-electron chi connectivity index (χ4n) is 1.69. The van der Waals surface area contributed by atoms with Crippen LogP contribution < -0.4 is 0 Å². The molecular formula is C11H14N2O. The first kappa shape index (κ1) is 9.21. The van der Waals surface area contributed by atoms with Crippen LogP contribution in [0.4, 0.5) is 0 Å². The smallest absolute Gasteiger partial charge is 0.217 e. The molecule has 1 aliphatic heterocycles. The molecule has 0 amide bonds. The molecule has 0 bridgehead atoms. The highest BCUT2D eigenvalue weighted by Gasteiger charge is 2.30. The molecule has 0 aromatic heterocycles. The Hall–Kier alpha value is -1.35. The van der Waals surface area contributed by atoms with Crippen LogP contribution in [0.1, 0.15) is 12.5 Å². The highest BCUT2D eigenvalue weighted by molar-refractivity contribution is 5.99. The van der Waals surface area contributed by atoms with Gasteiger partial charge in [0.1, 0.15) is 0 Å². The normalized spacial score (nSPS) is 23.1. The van der Waals surface area contributed by atoms with E-state index >= 15 is 0 Å². The highest BCUT2D eigenvalue weighted by atomic mass is 16.5. The van der Waals surface area contributed by atoms with Gasteiger partial charge in [0.05, 0.1) is 6.54 Å². The second-order valence-corrected chi connectivity index (χ2v) is 3.69. The third-order valence-electron chi connectivity index (χ3n) is 2.75. The Kier molecular flexibility index (Phi) is 2.25. The minimum atomic E-state index is -0.0507. The SMILES string of the molecule is CC1N(C)CC(c2ccccc2)=[N+]1[O-]. The minimum absolute atomic E-state index is 0.0507. The molecule has 1 unspecified atom stereocenters. The molecule has 1 heterocycles. The summed E-state index contributed by atoms with van der Waals surface area (Å²) in [6.07, 6.45) is -0.0507. The van der Waals surface area contributed by atoms with Crippen LogP contribution in [0.2, 0.25) is 0 Å². The summed E-state index contributed by atoms with van der Waals surface area (Å²) in [7, 11) is 1.96. The van der Waals surface area contributed by atoms with Crippen molar-refractivity contribution in [2.75, 3.05) is 13.6 Å². The highest BCUT2D eigenvalue weighted by Crippen LogP contribution is 2.12. The summed E-state index contributed by atoms with van der Waals surface area (Å²) in [6, 6.07) is 9.83. The fraction of sp³-hybridized carbons (Fsp3) is 0.364. The first-order valence-electron chi connectivity index (χ1n) is 4.78. The molecule has 74 valence electrons. The molecule has 0 fully saturated rings. The zero-order valence-electron chi connectivity index (χ0n) is 8.47. The van der Waals surface area contributed by atoms with Gasteiger partial charge in [-0.15, -0.1) is 0 Å². The summed E-state index contributed by atoms with van der Waals surface area (Å²) in [4.78, 5) is 2.04. The third-order valence-corrected chi connectivity index (χ3v) is 2.75. The summed E-state index contributed by atoms with van der Waals surface area (Å²) >= 11 is 0. The molecule has 1 aliphatic rings. The molecule has 0 saturated heterocycles. The van der Waals surface area contributed by atoms with Gasteiger partial charge >= 0.3 is 0 Å². The summed E-state index contributed by atoms with van der Waals surface area (Å²) < 4.78 is 1.09. The van der Waals surface area contributed by atoms with Crippen LogP contribution in [0.25, 0.3) is 0 Å². The molecular weight excluding hydrogens is 176 g/mol. The molecule has 14 heavy (non-hydrogen) atoms. The second kappa shape index (κ2) is 3.42. The topological polar surface area (TPSA) is 29.3 Å². The van der Waals surface area contributed by atoms with Gasteiger partial charge in [0.15, 0.2) is 0 Å². The van der Waals surface area contributed by atoms with E-state index in [0.717, 1.165) is 22.6 Å². The zero-order chi connectivity index (χ0) is 10.1. The van der Waals surface area contributed by atoms with Gasteiger partial charge in [-0.1, -0.05) is 18.2 Å². The molecule has 2 rings (SSSR count). The average molecular weight is 190 g/mol. The monoisotopic (exact) mass is 190 g/mol. The molecule has 1 aromatic carbocycles. The summed E-state index contributed by atoms with van der Waals surface area (Å²) in [5, 5.41) is 11.8. The number of hydrogen-bond donors (Lipinski definition) is 0. The van der Waals surface area contributed by atoms with Crippen molar-refractivity contribution in [1.29, 1.82) is 0 Å². The summed E-state index contributed by atoms with van der Waals surface area (Å²) in [6.45, 7) is 2.65. The maximum absolute atomic E-state index is 11.8. The average Bonchev–Trinajstić information content (AvgIpc) is 2.47. The Morgan fingerprint density at radius 1 is 1.36 bits per heavy atom. The standard InChI is InChI=1S/C11H14N2O/c1-9-12(2)8-11(13(9)14)10-6-4-3-5-7-10/h3-7,9H,8H2,1-2H3. The van der Waals surface area contributed by atoms with Crippen LogP contribution >= 0.6 is 0 Å². The minimum Gasteiger partial charge on any atom is -0.622 e. The predicted molar refractivity (Wildman–Crippen MR) is 56.3 cm³/mol. The van der Waals surface area contributed by atoms with Gasteiger partial charge in [-0.25, -0.2) is 4.90 Å². The lowest BCUT2D eigenvalue weighted by Gasteiger charge is -2.11. The van der Waals surface area contributed by atoms with Gasteiger partial charge < -0.3 is 5.21 Å². The first-order chi connectivity index (χ1) is 6.70. The van der Waals surface area contributed by atoms with E-state index in [4.69, 9.17) is 0 Å². The molecule has 3 heteroatoms. The van der Waals surface area contributed by atoms with Crippen LogP contribution in [0.5, 0.6) is 0 Å². The Morgan fingerprint density at radius 2 is 2.00 bits per heavy atom. The van der Waals surface area contributed by atoms with E-state index in [0.29, 0.717) is 0 Å². The van der Waals surface area contributed by atoms with E-state index < -0.39 is 0 Å². The number of hydroxylamine groups is 1. The number of benzene rings is 1. The Labute approximate surface area is 83.9 Å². The van der Waals surface area contributed by atoms with Crippen molar-refractivity contribution >= 4 is 5.71 Å². The van der Waals surface area contributed by atoms with Crippen LogP contribution in [-0.4, -0.2) is 35.1 Å². The number of nitrogens with zero attached hydrogens (tertiary/aromatic N) is 2. The maximum Gasteiger partial charge on any atom is 0.217 e. The van der Waals surface area contributed by atoms with Crippen molar-refractivity contribution in [3.8, 4) is 0 Å². The third kappa shape index (κ3) is 1.40. The lowest BCUT2D eigenvalue weighted by molar-refractivity contribution is -0.508. The van der Waals surface area contributed by atoms with E-state index in [1.54, 1.807) is 0 Å². The van der Waals surface area contributed by atoms with Crippen LogP contribution in [-0.2, 0) is 0 Å². The van der Waals surface area contributed by atoms with Gasteiger partial charge in [0.2, 0.25) is 11.9 Å². The van der Waals surface area contributed by atoms with Crippen molar-refractivity contribution in [2.24, 2.45) is 0 Å². The van der Waals surface area contributed by atoms with Crippen molar-refractivity contribution in [2.45, 2.75) is 13.1 Å². The number of rotatable bonds is 1. The van der Waals surface area contributed by atoms with E-state index in [2.05, 4.69) is 0 Å². The van der Waals surface area contributed by atoms with Crippen molar-refractivity contribution in [3.05, 3.63) is 41.1 Å². The summed E-state index contributed by atoms with van der Waals surface area (Å²) in [5.41, 5.74) is 1.89. The lowest BCUT2D eigenvalue weighted by atomic mass is 10.1. The summed E-state index contributed by atoms with van der Waals surface area (Å²) in [5.74, 6) is 0. The first-order valence-corrected chi connectivity index (χ1v) is 4.78. The molecule has 0 aliphatic carbocycles. The van der Waals surface area contributed by atoms with Gasteiger partial charge in [-0.3, -0.25) is 0 Å². The van der Waals surface area contributed by atoms with Crippen LogP contribution in [0.3, 0.4) is 0 Å². The van der Waals surface area contributed by atoms with Gasteiger partial charge in [-0.05, 0) is 19.2 Å². The molecule has 0 N–H and O–H groups in total. The fourth-order valence-corrected chi connectivity index (χ4v) is 1.69. The van der Waals surface area contributed by atoms with Crippen LogP contribution in [0, 0.1) is 5.21 Å². The van der Waals surface area contributed by atoms with Crippen molar-refractivity contribution < 1.29 is 4.74 Å². The second-order valence-electron chi connectivity index (χ2n) is 3.69. The molecule has 0 spiro atoms. The lowest BCUT2D eigenvalue weighted by Crippen LogP contribution is -2.28. The Bertz CT molecular complexity index is 359. The Balaban J connectivity index is 2.37. The molecule has 1 aromatic rings. The van der Waals surface area contributed by atoms with Crippen molar-refractivity contribution in [3.63, 3.8) is 0 Å². The quantitative estimate of drug-likeness (QED) is 0.493. The molecule has 3 nitrogen and oxygen atoms in total. The van der Waals surface area contributed by atoms with Crippen molar-refractivity contribution in [1.82, 2.24) is 4.90 Å². The van der Waals surface area contributed by atoms with Crippen LogP contribution in [0.15, 0.2) is 30.3 Å². The van der Waals surface area contributed by atoms with Gasteiger partial charge in [-0.2, -0.15) is 4.74 Å². The maximum atomic E-state index is 11.8. The van der Waals surface area contributed by atoms with Gasteiger partial charge in [0, 0.05) is 12.5 Å². The van der Waals surface area contributed by atoms with E-state index in [1.165, 1.54) is 0 Å². The van der Waals surface area contributed by atoms with E-state index in [-0.39, 0.29) is 6.17 Å². The van der Waals surface area contributed by atoms with Gasteiger partial charge in [0.25, 0.3) is 0 Å². The molecule has 0 radical (unpaired) electrons. The molecule has 0 saturated carbocycles. The largest absolute Gasteiger partial charge is 0.622 e. The van der Waals surface area contributed by atoms with E-state index in [1.807, 2.05) is 49.2 Å². The number of likely N-dealkylation sites (N-methyl/N-ethyl adjacent to an activating group) is 1. The zero-order valence-corrected chi connectivity index (χ0v) is 8.47. The van der Waals surface area contributed by atoms with E-state index in [9.17, 15) is 5.21 Å². The molecule has 1 atom stereocenters. The predicted octanol–water partition coefficient (Wildman–Crippen LogP) is 1.28. The Morgan fingerprint density at radius 3 is 2.50 bits per heavy atom. The number of hydrogen-bond acceptors (Lipinski definition) is 2.